The molecular formula is C18H15N7O. The first kappa shape index (κ1) is 15.7. The molecule has 2 N–H and O–H groups in total. The Labute approximate surface area is 148 Å². The predicted molar refractivity (Wildman–Crippen MR) is 95.9 cm³/mol. The fraction of sp³-hybridized carbons (Fsp3) is 0.0556. The van der Waals surface area contributed by atoms with E-state index in [9.17, 15) is 4.79 Å². The highest BCUT2D eigenvalue weighted by Gasteiger charge is 2.14. The molecule has 0 saturated heterocycles. The number of aromatic amines is 1. The molecule has 4 rings (SSSR count). The number of nitrogens with zero attached hydrogens (tertiary/aromatic N) is 5. The van der Waals surface area contributed by atoms with Crippen molar-refractivity contribution in [1.82, 2.24) is 29.9 Å². The smallest absolute Gasteiger partial charge is 0.256 e. The molecule has 0 aliphatic rings. The Morgan fingerprint density at radius 3 is 2.77 bits per heavy atom. The van der Waals surface area contributed by atoms with Crippen LogP contribution in [0.1, 0.15) is 15.9 Å². The highest BCUT2D eigenvalue weighted by Crippen LogP contribution is 2.25. The van der Waals surface area contributed by atoms with Gasteiger partial charge in [-0.3, -0.25) is 14.9 Å². The summed E-state index contributed by atoms with van der Waals surface area (Å²) >= 11 is 0. The Morgan fingerprint density at radius 2 is 2.00 bits per heavy atom. The van der Waals surface area contributed by atoms with Gasteiger partial charge in [-0.15, -0.1) is 0 Å². The van der Waals surface area contributed by atoms with Gasteiger partial charge in [-0.1, -0.05) is 6.07 Å². The molecule has 4 aromatic rings. The summed E-state index contributed by atoms with van der Waals surface area (Å²) in [6.07, 6.45) is 6.45. The standard InChI is InChI=1S/C18H15N7O/c1-12-16(13-5-7-19-8-6-13)23-24-17(12)22-18(26)14-3-2-4-15(9-14)25-11-20-10-21-25/h2-11H,1H3,(H2,22,23,24,26). The van der Waals surface area contributed by atoms with E-state index in [-0.39, 0.29) is 5.91 Å². The van der Waals surface area contributed by atoms with Gasteiger partial charge in [-0.05, 0) is 37.3 Å². The van der Waals surface area contributed by atoms with E-state index in [1.165, 1.54) is 6.33 Å². The summed E-state index contributed by atoms with van der Waals surface area (Å²) in [5.41, 5.74) is 3.92. The largest absolute Gasteiger partial charge is 0.305 e. The van der Waals surface area contributed by atoms with Crippen molar-refractivity contribution in [2.45, 2.75) is 6.92 Å². The van der Waals surface area contributed by atoms with Gasteiger partial charge in [0.25, 0.3) is 5.91 Å². The first-order chi connectivity index (χ1) is 12.7. The molecule has 0 unspecified atom stereocenters. The monoisotopic (exact) mass is 345 g/mol. The molecular weight excluding hydrogens is 330 g/mol. The molecule has 128 valence electrons. The Morgan fingerprint density at radius 1 is 1.15 bits per heavy atom. The number of nitrogens with one attached hydrogen (secondary N) is 2. The molecule has 1 aromatic carbocycles. The second kappa shape index (κ2) is 6.60. The molecule has 8 nitrogen and oxygen atoms in total. The zero-order chi connectivity index (χ0) is 17.9. The highest BCUT2D eigenvalue weighted by atomic mass is 16.1. The third-order valence-corrected chi connectivity index (χ3v) is 4.00. The average Bonchev–Trinajstić information content (AvgIpc) is 3.34. The quantitative estimate of drug-likeness (QED) is 0.592. The maximum atomic E-state index is 12.6. The SMILES string of the molecule is Cc1c(NC(=O)c2cccc(-n3cncn3)c2)n[nH]c1-c1ccncc1. The molecule has 0 atom stereocenters. The van der Waals surface area contributed by atoms with Gasteiger partial charge in [0.15, 0.2) is 5.82 Å². The minimum absolute atomic E-state index is 0.247. The van der Waals surface area contributed by atoms with E-state index in [4.69, 9.17) is 0 Å². The Kier molecular flexibility index (Phi) is 3.98. The van der Waals surface area contributed by atoms with Crippen LogP contribution in [0.2, 0.25) is 0 Å². The van der Waals surface area contributed by atoms with E-state index < -0.39 is 0 Å². The lowest BCUT2D eigenvalue weighted by Gasteiger charge is -2.06. The minimum Gasteiger partial charge on any atom is -0.305 e. The van der Waals surface area contributed by atoms with Crippen LogP contribution in [0.3, 0.4) is 0 Å². The summed E-state index contributed by atoms with van der Waals surface area (Å²) in [5, 5.41) is 14.1. The second-order valence-corrected chi connectivity index (χ2v) is 5.65. The normalized spacial score (nSPS) is 10.7. The zero-order valence-electron chi connectivity index (χ0n) is 13.9. The molecule has 0 aliphatic heterocycles. The predicted octanol–water partition coefficient (Wildman–Crippen LogP) is 2.61. The van der Waals surface area contributed by atoms with Crippen LogP contribution >= 0.6 is 0 Å². The summed E-state index contributed by atoms with van der Waals surface area (Å²) in [6.45, 7) is 1.90. The summed E-state index contributed by atoms with van der Waals surface area (Å²) in [4.78, 5) is 20.5. The number of aromatic nitrogens is 6. The topological polar surface area (TPSA) is 101 Å². The van der Waals surface area contributed by atoms with E-state index in [2.05, 4.69) is 30.6 Å². The molecule has 0 radical (unpaired) electrons. The van der Waals surface area contributed by atoms with E-state index in [1.807, 2.05) is 25.1 Å². The van der Waals surface area contributed by atoms with Crippen LogP contribution in [0.15, 0.2) is 61.4 Å². The fourth-order valence-electron chi connectivity index (χ4n) is 2.63. The summed E-state index contributed by atoms with van der Waals surface area (Å²) < 4.78 is 1.60. The maximum absolute atomic E-state index is 12.6. The van der Waals surface area contributed by atoms with Crippen molar-refractivity contribution in [2.75, 3.05) is 5.32 Å². The molecule has 0 bridgehead atoms. The maximum Gasteiger partial charge on any atom is 0.256 e. The number of H-pyrrole nitrogens is 1. The van der Waals surface area contributed by atoms with Gasteiger partial charge in [0, 0.05) is 29.1 Å². The van der Waals surface area contributed by atoms with Crippen LogP contribution < -0.4 is 5.32 Å². The number of benzene rings is 1. The number of pyridine rings is 1. The lowest BCUT2D eigenvalue weighted by molar-refractivity contribution is 0.102. The molecule has 0 saturated carbocycles. The molecule has 1 amide bonds. The second-order valence-electron chi connectivity index (χ2n) is 5.65. The van der Waals surface area contributed by atoms with Crippen molar-refractivity contribution in [3.63, 3.8) is 0 Å². The lowest BCUT2D eigenvalue weighted by Crippen LogP contribution is -2.13. The van der Waals surface area contributed by atoms with Gasteiger partial charge in [0.05, 0.1) is 11.4 Å². The van der Waals surface area contributed by atoms with Crippen LogP contribution in [-0.4, -0.2) is 35.9 Å². The fourth-order valence-corrected chi connectivity index (χ4v) is 2.63. The third kappa shape index (κ3) is 2.95. The number of hydrogen-bond acceptors (Lipinski definition) is 5. The van der Waals surface area contributed by atoms with E-state index in [1.54, 1.807) is 41.6 Å². The molecule has 0 spiro atoms. The summed E-state index contributed by atoms with van der Waals surface area (Å²) in [7, 11) is 0. The summed E-state index contributed by atoms with van der Waals surface area (Å²) in [6, 6.07) is 10.9. The lowest BCUT2D eigenvalue weighted by atomic mass is 10.1. The highest BCUT2D eigenvalue weighted by molar-refractivity contribution is 6.04. The van der Waals surface area contributed by atoms with Crippen LogP contribution in [0, 0.1) is 6.92 Å². The number of carbonyl (C=O) groups is 1. The van der Waals surface area contributed by atoms with Gasteiger partial charge >= 0.3 is 0 Å². The zero-order valence-corrected chi connectivity index (χ0v) is 13.9. The van der Waals surface area contributed by atoms with E-state index >= 15 is 0 Å². The molecule has 3 aromatic heterocycles. The minimum atomic E-state index is -0.247. The number of anilines is 1. The van der Waals surface area contributed by atoms with Crippen LogP contribution in [0.5, 0.6) is 0 Å². The number of hydrogen-bond donors (Lipinski definition) is 2. The Balaban J connectivity index is 1.58. The van der Waals surface area contributed by atoms with Crippen LogP contribution in [0.4, 0.5) is 5.82 Å². The van der Waals surface area contributed by atoms with Crippen LogP contribution in [-0.2, 0) is 0 Å². The van der Waals surface area contributed by atoms with Crippen molar-refractivity contribution in [2.24, 2.45) is 0 Å². The van der Waals surface area contributed by atoms with Crippen molar-refractivity contribution >= 4 is 11.7 Å². The van der Waals surface area contributed by atoms with Crippen LogP contribution in [0.25, 0.3) is 16.9 Å². The third-order valence-electron chi connectivity index (χ3n) is 4.00. The van der Waals surface area contributed by atoms with Crippen molar-refractivity contribution < 1.29 is 4.79 Å². The Hall–Kier alpha value is -3.81. The first-order valence-corrected chi connectivity index (χ1v) is 7.94. The number of rotatable bonds is 4. The average molecular weight is 345 g/mol. The van der Waals surface area contributed by atoms with Crippen molar-refractivity contribution in [3.05, 3.63) is 72.6 Å². The molecule has 0 fully saturated rings. The number of amides is 1. The molecule has 3 heterocycles. The summed E-state index contributed by atoms with van der Waals surface area (Å²) in [5.74, 6) is 0.246. The number of carbonyl (C=O) groups excluding carboxylic acids is 1. The molecule has 8 heteroatoms. The van der Waals surface area contributed by atoms with E-state index in [0.717, 1.165) is 22.5 Å². The van der Waals surface area contributed by atoms with Gasteiger partial charge in [0.2, 0.25) is 0 Å². The molecule has 0 aliphatic carbocycles. The van der Waals surface area contributed by atoms with Crippen molar-refractivity contribution in [1.29, 1.82) is 0 Å². The Bertz CT molecular complexity index is 1040. The van der Waals surface area contributed by atoms with Gasteiger partial charge in [-0.2, -0.15) is 10.2 Å². The van der Waals surface area contributed by atoms with Gasteiger partial charge in [0.1, 0.15) is 12.7 Å². The first-order valence-electron chi connectivity index (χ1n) is 7.94. The molecule has 26 heavy (non-hydrogen) atoms. The van der Waals surface area contributed by atoms with E-state index in [0.29, 0.717) is 11.4 Å². The van der Waals surface area contributed by atoms with Crippen molar-refractivity contribution in [3.8, 4) is 16.9 Å². The van der Waals surface area contributed by atoms with Gasteiger partial charge < -0.3 is 5.32 Å². The van der Waals surface area contributed by atoms with Gasteiger partial charge in [-0.25, -0.2) is 9.67 Å².